The maximum absolute atomic E-state index is 13.6. The molecule has 5 rings (SSSR count). The molecule has 1 atom stereocenters. The molecular weight excluding hydrogens is 536 g/mol. The van der Waals surface area contributed by atoms with Gasteiger partial charge in [-0.25, -0.2) is 4.79 Å². The Morgan fingerprint density at radius 2 is 1.26 bits per heavy atom. The van der Waals surface area contributed by atoms with E-state index in [0.717, 1.165) is 18.7 Å². The van der Waals surface area contributed by atoms with Crippen molar-refractivity contribution in [3.63, 3.8) is 0 Å². The number of nitrogens with zero attached hydrogens (tertiary/aromatic N) is 3. The summed E-state index contributed by atoms with van der Waals surface area (Å²) in [6.45, 7) is 5.14. The van der Waals surface area contributed by atoms with E-state index in [-0.39, 0.29) is 30.4 Å². The van der Waals surface area contributed by atoms with Gasteiger partial charge in [0.25, 0.3) is 0 Å². The number of para-hydroxylation sites is 2. The molecule has 4 aromatic rings. The number of ether oxygens (including phenoxy) is 1. The first-order chi connectivity index (χ1) is 21.0. The molecule has 0 spiro atoms. The summed E-state index contributed by atoms with van der Waals surface area (Å²) in [5.41, 5.74) is 4.10. The van der Waals surface area contributed by atoms with Crippen LogP contribution in [-0.2, 0) is 4.79 Å². The van der Waals surface area contributed by atoms with Gasteiger partial charge in [-0.3, -0.25) is 9.69 Å². The Kier molecular flexibility index (Phi) is 10.1. The van der Waals surface area contributed by atoms with Crippen molar-refractivity contribution in [2.45, 2.75) is 25.4 Å². The highest BCUT2D eigenvalue weighted by Gasteiger charge is 2.29. The van der Waals surface area contributed by atoms with E-state index in [2.05, 4.69) is 58.7 Å². The molecule has 1 heterocycles. The van der Waals surface area contributed by atoms with Crippen LogP contribution in [0.5, 0.6) is 5.75 Å². The van der Waals surface area contributed by atoms with Crippen molar-refractivity contribution >= 4 is 17.6 Å². The molecule has 43 heavy (non-hydrogen) atoms. The highest BCUT2D eigenvalue weighted by atomic mass is 16.5. The minimum absolute atomic E-state index is 0.0611. The van der Waals surface area contributed by atoms with Crippen LogP contribution in [0.3, 0.4) is 0 Å². The third-order valence-electron chi connectivity index (χ3n) is 8.19. The van der Waals surface area contributed by atoms with Crippen LogP contribution >= 0.6 is 0 Å². The zero-order valence-electron chi connectivity index (χ0n) is 24.9. The molecule has 1 fully saturated rings. The van der Waals surface area contributed by atoms with Crippen LogP contribution in [0.15, 0.2) is 115 Å². The second-order valence-corrected chi connectivity index (χ2v) is 10.8. The quantitative estimate of drug-likeness (QED) is 0.231. The molecule has 1 unspecified atom stereocenters. The fourth-order valence-corrected chi connectivity index (χ4v) is 5.81. The Bertz CT molecular complexity index is 1420. The van der Waals surface area contributed by atoms with E-state index in [4.69, 9.17) is 4.74 Å². The van der Waals surface area contributed by atoms with Gasteiger partial charge in [0.05, 0.1) is 24.9 Å². The van der Waals surface area contributed by atoms with Gasteiger partial charge in [-0.2, -0.15) is 0 Å². The van der Waals surface area contributed by atoms with Crippen molar-refractivity contribution in [3.8, 4) is 5.75 Å². The van der Waals surface area contributed by atoms with Crippen LogP contribution in [0.25, 0.3) is 0 Å². The molecule has 1 saturated heterocycles. The molecule has 0 saturated carbocycles. The Morgan fingerprint density at radius 1 is 0.744 bits per heavy atom. The molecule has 0 radical (unpaired) electrons. The van der Waals surface area contributed by atoms with Crippen molar-refractivity contribution < 1.29 is 14.3 Å². The predicted molar refractivity (Wildman–Crippen MR) is 171 cm³/mol. The molecule has 3 amide bonds. The van der Waals surface area contributed by atoms with Crippen LogP contribution < -0.4 is 10.1 Å². The Balaban J connectivity index is 1.25. The zero-order chi connectivity index (χ0) is 30.0. The third kappa shape index (κ3) is 7.43. The van der Waals surface area contributed by atoms with Gasteiger partial charge >= 0.3 is 6.03 Å². The van der Waals surface area contributed by atoms with E-state index in [1.807, 2.05) is 78.6 Å². The summed E-state index contributed by atoms with van der Waals surface area (Å²) in [5.74, 6) is 0.646. The maximum atomic E-state index is 13.6. The lowest BCUT2D eigenvalue weighted by atomic mass is 9.96. The molecule has 1 aliphatic heterocycles. The number of amides is 3. The average Bonchev–Trinajstić information content (AvgIpc) is 3.07. The molecule has 1 aliphatic rings. The number of rotatable bonds is 10. The van der Waals surface area contributed by atoms with Crippen molar-refractivity contribution in [2.75, 3.05) is 45.2 Å². The number of nitrogens with one attached hydrogen (secondary N) is 1. The smallest absolute Gasteiger partial charge is 0.322 e. The molecule has 7 nitrogen and oxygen atoms in total. The molecule has 0 aromatic heterocycles. The molecule has 0 aliphatic carbocycles. The van der Waals surface area contributed by atoms with Crippen LogP contribution in [0, 0.1) is 0 Å². The van der Waals surface area contributed by atoms with E-state index >= 15 is 0 Å². The molecule has 0 bridgehead atoms. The Morgan fingerprint density at radius 3 is 1.81 bits per heavy atom. The first kappa shape index (κ1) is 29.9. The normalized spacial score (nSPS) is 14.3. The van der Waals surface area contributed by atoms with Gasteiger partial charge in [-0.1, -0.05) is 103 Å². The average molecular weight is 577 g/mol. The lowest BCUT2D eigenvalue weighted by Crippen LogP contribution is -2.50. The van der Waals surface area contributed by atoms with Crippen LogP contribution in [0.2, 0.25) is 0 Å². The second kappa shape index (κ2) is 14.5. The first-order valence-corrected chi connectivity index (χ1v) is 14.9. The fourth-order valence-electron chi connectivity index (χ4n) is 5.81. The summed E-state index contributed by atoms with van der Waals surface area (Å²) >= 11 is 0. The minimum atomic E-state index is -0.271. The number of hydrogen-bond acceptors (Lipinski definition) is 4. The van der Waals surface area contributed by atoms with Crippen molar-refractivity contribution in [1.29, 1.82) is 0 Å². The largest absolute Gasteiger partial charge is 0.495 e. The lowest BCUT2D eigenvalue weighted by molar-refractivity contribution is -0.133. The summed E-state index contributed by atoms with van der Waals surface area (Å²) in [7, 11) is 1.58. The topological polar surface area (TPSA) is 65.1 Å². The Labute approximate surface area is 254 Å². The van der Waals surface area contributed by atoms with Crippen molar-refractivity contribution in [1.82, 2.24) is 14.7 Å². The van der Waals surface area contributed by atoms with Crippen molar-refractivity contribution in [2.24, 2.45) is 0 Å². The zero-order valence-corrected chi connectivity index (χ0v) is 24.9. The number of hydrogen-bond donors (Lipinski definition) is 1. The maximum Gasteiger partial charge on any atom is 0.322 e. The van der Waals surface area contributed by atoms with Gasteiger partial charge in [-0.15, -0.1) is 0 Å². The van der Waals surface area contributed by atoms with Gasteiger partial charge in [0.15, 0.2) is 0 Å². The van der Waals surface area contributed by atoms with Gasteiger partial charge in [0, 0.05) is 39.1 Å². The molecule has 7 heteroatoms. The lowest BCUT2D eigenvalue weighted by Gasteiger charge is -2.40. The monoisotopic (exact) mass is 576 g/mol. The van der Waals surface area contributed by atoms with E-state index in [1.54, 1.807) is 12.0 Å². The van der Waals surface area contributed by atoms with Crippen LogP contribution in [-0.4, -0.2) is 66.5 Å². The number of carbonyl (C=O) groups excluding carboxylic acids is 2. The number of anilines is 1. The fraction of sp³-hybridized carbons (Fsp3) is 0.278. The number of carbonyl (C=O) groups is 2. The number of piperazine rings is 1. The third-order valence-corrected chi connectivity index (χ3v) is 8.19. The van der Waals surface area contributed by atoms with Gasteiger partial charge in [-0.05, 0) is 35.7 Å². The van der Waals surface area contributed by atoms with Gasteiger partial charge < -0.3 is 19.9 Å². The predicted octanol–water partition coefficient (Wildman–Crippen LogP) is 6.61. The van der Waals surface area contributed by atoms with E-state index in [0.29, 0.717) is 31.1 Å². The standard InChI is InChI=1S/C36H40N4O3/c1-28(29-14-6-3-7-15-29)40(36(42)37-32-20-12-13-21-33(32)43-2)23-22-34(41)38-24-26-39(27-25-38)35(30-16-8-4-9-17-30)31-18-10-5-11-19-31/h3-21,28,35H,22-27H2,1-2H3,(H,37,42). The Hall–Kier alpha value is -4.62. The summed E-state index contributed by atoms with van der Waals surface area (Å²) in [5, 5.41) is 3.00. The molecular formula is C36H40N4O3. The SMILES string of the molecule is COc1ccccc1NC(=O)N(CCC(=O)N1CCN(C(c2ccccc2)c2ccccc2)CC1)C(C)c1ccccc1. The van der Waals surface area contributed by atoms with Crippen LogP contribution in [0.4, 0.5) is 10.5 Å². The number of benzene rings is 4. The minimum Gasteiger partial charge on any atom is -0.495 e. The van der Waals surface area contributed by atoms with Crippen molar-refractivity contribution in [3.05, 3.63) is 132 Å². The first-order valence-electron chi connectivity index (χ1n) is 14.9. The summed E-state index contributed by atoms with van der Waals surface area (Å²) in [6.07, 6.45) is 0.247. The highest BCUT2D eigenvalue weighted by molar-refractivity contribution is 5.91. The molecule has 1 N–H and O–H groups in total. The van der Waals surface area contributed by atoms with Gasteiger partial charge in [0.1, 0.15) is 5.75 Å². The second-order valence-electron chi connectivity index (χ2n) is 10.8. The molecule has 222 valence electrons. The van der Waals surface area contributed by atoms with E-state index in [1.165, 1.54) is 11.1 Å². The van der Waals surface area contributed by atoms with E-state index < -0.39 is 0 Å². The van der Waals surface area contributed by atoms with Gasteiger partial charge in [0.2, 0.25) is 5.91 Å². The van der Waals surface area contributed by atoms with E-state index in [9.17, 15) is 9.59 Å². The molecule has 4 aromatic carbocycles. The summed E-state index contributed by atoms with van der Waals surface area (Å²) in [4.78, 5) is 33.2. The highest BCUT2D eigenvalue weighted by Crippen LogP contribution is 2.30. The summed E-state index contributed by atoms with van der Waals surface area (Å²) < 4.78 is 5.43. The van der Waals surface area contributed by atoms with Crippen LogP contribution in [0.1, 0.15) is 42.1 Å². The number of urea groups is 1. The summed E-state index contributed by atoms with van der Waals surface area (Å²) in [6, 6.07) is 38.0. The number of methoxy groups -OCH3 is 1.